The van der Waals surface area contributed by atoms with Crippen molar-refractivity contribution >= 4 is 24.9 Å². The van der Waals surface area contributed by atoms with Gasteiger partial charge in [-0.25, -0.2) is 4.98 Å². The molecule has 112 valence electrons. The number of nitrogens with zero attached hydrogens (tertiary/aromatic N) is 2. The maximum absolute atomic E-state index is 11.7. The van der Waals surface area contributed by atoms with E-state index in [1.807, 2.05) is 0 Å². The highest BCUT2D eigenvalue weighted by molar-refractivity contribution is 7.43. The van der Waals surface area contributed by atoms with Crippen molar-refractivity contribution in [2.45, 2.75) is 18.8 Å². The Hall–Kier alpha value is -1.83. The van der Waals surface area contributed by atoms with E-state index in [1.165, 1.54) is 0 Å². The Morgan fingerprint density at radius 2 is 2.24 bits per heavy atom. The van der Waals surface area contributed by atoms with Crippen molar-refractivity contribution in [3.8, 4) is 0 Å². The Morgan fingerprint density at radius 1 is 1.43 bits per heavy atom. The van der Waals surface area contributed by atoms with Crippen LogP contribution in [-0.4, -0.2) is 51.8 Å². The fraction of sp³-hybridized carbons (Fsp3) is 0.545. The summed E-state index contributed by atoms with van der Waals surface area (Å²) < 4.78 is 22.2. The zero-order chi connectivity index (χ0) is 15.0. The normalized spacial score (nSPS) is 22.8. The van der Waals surface area contributed by atoms with Crippen molar-refractivity contribution in [1.29, 1.82) is 0 Å². The average molecular weight is 312 g/mol. The van der Waals surface area contributed by atoms with Crippen LogP contribution in [0.4, 0.5) is 5.95 Å². The number of hydrogen-bond acceptors (Lipinski definition) is 7. The lowest BCUT2D eigenvalue weighted by molar-refractivity contribution is -0.0391. The molecule has 0 bridgehead atoms. The minimum atomic E-state index is -1.31. The van der Waals surface area contributed by atoms with Gasteiger partial charge in [0.1, 0.15) is 12.5 Å². The molecule has 1 fully saturated rings. The molecule has 1 saturated heterocycles. The summed E-state index contributed by atoms with van der Waals surface area (Å²) in [6, 6.07) is 0. The van der Waals surface area contributed by atoms with Gasteiger partial charge in [-0.2, -0.15) is 4.98 Å². The first-order chi connectivity index (χ1) is 10.0. The van der Waals surface area contributed by atoms with Gasteiger partial charge in [-0.05, 0) is 0 Å². The molecule has 0 amide bonds. The van der Waals surface area contributed by atoms with Crippen LogP contribution in [0, 0.1) is 0 Å². The van der Waals surface area contributed by atoms with Crippen LogP contribution in [0.15, 0.2) is 4.79 Å². The molecule has 9 nitrogen and oxygen atoms in total. The van der Waals surface area contributed by atoms with E-state index in [0.717, 1.165) is 0 Å². The van der Waals surface area contributed by atoms with Crippen LogP contribution >= 0.6 is 7.80 Å². The van der Waals surface area contributed by atoms with Crippen LogP contribution < -0.4 is 11.3 Å². The number of aromatic nitrogens is 4. The number of H-pyrrole nitrogens is 2. The van der Waals surface area contributed by atoms with Gasteiger partial charge in [0.2, 0.25) is 12.2 Å². The number of hydrogen-bond donors (Lipinski definition) is 3. The first-order valence-corrected chi connectivity index (χ1v) is 8.30. The Bertz CT molecular complexity index is 742. The van der Waals surface area contributed by atoms with Crippen LogP contribution in [0.5, 0.6) is 0 Å². The summed E-state index contributed by atoms with van der Waals surface area (Å²) in [7, 11) is -1.31. The summed E-state index contributed by atoms with van der Waals surface area (Å²) >= 11 is 0. The minimum Gasteiger partial charge on any atom is -0.369 e. The molecule has 3 rings (SSSR count). The fourth-order valence-electron chi connectivity index (χ4n) is 2.20. The van der Waals surface area contributed by atoms with Gasteiger partial charge >= 0.3 is 7.80 Å². The summed E-state index contributed by atoms with van der Waals surface area (Å²) in [5.41, 5.74) is 5.67. The fourth-order valence-corrected chi connectivity index (χ4v) is 2.82. The second-order valence-electron chi connectivity index (χ2n) is 4.87. The topological polar surface area (TPSA) is 136 Å². The van der Waals surface area contributed by atoms with Crippen LogP contribution in [0.25, 0.3) is 11.2 Å². The quantitative estimate of drug-likeness (QED) is 0.674. The molecule has 0 aromatic carbocycles. The smallest absolute Gasteiger partial charge is 0.340 e. The van der Waals surface area contributed by atoms with Crippen LogP contribution in [0.3, 0.4) is 0 Å². The Morgan fingerprint density at radius 3 is 3.00 bits per heavy atom. The van der Waals surface area contributed by atoms with Crippen molar-refractivity contribution in [2.75, 3.05) is 25.2 Å². The maximum Gasteiger partial charge on any atom is 0.340 e. The zero-order valence-corrected chi connectivity index (χ0v) is 12.2. The van der Waals surface area contributed by atoms with Gasteiger partial charge in [0.25, 0.3) is 5.56 Å². The van der Waals surface area contributed by atoms with Crippen LogP contribution in [0.1, 0.15) is 5.82 Å². The monoisotopic (exact) mass is 312 g/mol. The largest absolute Gasteiger partial charge is 0.369 e. The molecule has 1 aliphatic heterocycles. The van der Waals surface area contributed by atoms with E-state index in [1.54, 1.807) is 6.66 Å². The molecule has 21 heavy (non-hydrogen) atoms. The molecule has 0 saturated carbocycles. The molecule has 2 aromatic heterocycles. The Labute approximate surface area is 120 Å². The molecule has 2 aromatic rings. The lowest BCUT2D eigenvalue weighted by atomic mass is 10.2. The second-order valence-corrected chi connectivity index (χ2v) is 6.49. The predicted octanol–water partition coefficient (Wildman–Crippen LogP) is -0.0304. The van der Waals surface area contributed by atoms with E-state index in [2.05, 4.69) is 19.9 Å². The highest BCUT2D eigenvalue weighted by Crippen LogP contribution is 2.23. The third kappa shape index (κ3) is 3.10. The van der Waals surface area contributed by atoms with Crippen molar-refractivity contribution in [3.05, 3.63) is 16.2 Å². The van der Waals surface area contributed by atoms with Gasteiger partial charge in [-0.3, -0.25) is 9.78 Å². The standard InChI is InChI=1S/C11H14N5O4P/c1-21(18)4-7-19-3-5(20-7)2-6-13-8-9(14-6)15-11(12)16-10(8)17/h5,7H,2-4H2,1H3,(H3-,12,13,14,15,16,17)/p+1/t5-,7?/m0/s1. The Balaban J connectivity index is 1.73. The maximum atomic E-state index is 11.7. The van der Waals surface area contributed by atoms with E-state index in [0.29, 0.717) is 25.0 Å². The number of rotatable bonds is 4. The summed E-state index contributed by atoms with van der Waals surface area (Å²) in [5, 5.41) is 0. The highest BCUT2D eigenvalue weighted by atomic mass is 31.1. The van der Waals surface area contributed by atoms with Gasteiger partial charge in [0.15, 0.2) is 17.3 Å². The molecule has 1 aliphatic rings. The SMILES string of the molecule is C[P+](=O)CC1OC[C@H](Cc2nc3nc(N)[nH]c(=O)c3[nH]2)O1. The number of aromatic amines is 2. The third-order valence-corrected chi connectivity index (χ3v) is 3.88. The molecule has 4 N–H and O–H groups in total. The minimum absolute atomic E-state index is 0.0258. The highest BCUT2D eigenvalue weighted by Gasteiger charge is 2.31. The van der Waals surface area contributed by atoms with Crippen LogP contribution in [-0.2, 0) is 20.5 Å². The average Bonchev–Trinajstić information content (AvgIpc) is 2.96. The third-order valence-electron chi connectivity index (χ3n) is 3.07. The first-order valence-electron chi connectivity index (χ1n) is 6.41. The van der Waals surface area contributed by atoms with Crippen LogP contribution in [0.2, 0.25) is 0 Å². The summed E-state index contributed by atoms with van der Waals surface area (Å²) in [4.78, 5) is 25.2. The molecule has 2 unspecified atom stereocenters. The molecule has 3 heterocycles. The van der Waals surface area contributed by atoms with Crippen molar-refractivity contribution in [1.82, 2.24) is 19.9 Å². The van der Waals surface area contributed by atoms with Gasteiger partial charge in [-0.15, -0.1) is 0 Å². The predicted molar refractivity (Wildman–Crippen MR) is 75.6 cm³/mol. The zero-order valence-electron chi connectivity index (χ0n) is 11.3. The second kappa shape index (κ2) is 5.51. The van der Waals surface area contributed by atoms with E-state index in [4.69, 9.17) is 15.2 Å². The summed E-state index contributed by atoms with van der Waals surface area (Å²) in [5.74, 6) is 0.599. The number of nitrogen functional groups attached to an aromatic ring is 1. The molecule has 0 radical (unpaired) electrons. The van der Waals surface area contributed by atoms with Crippen molar-refractivity contribution < 1.29 is 14.0 Å². The van der Waals surface area contributed by atoms with Gasteiger partial charge < -0.3 is 20.2 Å². The number of ether oxygens (including phenoxy) is 2. The molecular formula is C11H15N5O4P+. The van der Waals surface area contributed by atoms with Gasteiger partial charge in [0.05, 0.1) is 12.7 Å². The van der Waals surface area contributed by atoms with Crippen molar-refractivity contribution in [2.24, 2.45) is 0 Å². The molecule has 10 heteroatoms. The number of nitrogens with one attached hydrogen (secondary N) is 2. The van der Waals surface area contributed by atoms with E-state index in [9.17, 15) is 9.36 Å². The first kappa shape index (κ1) is 14.1. The number of imidazole rings is 1. The lowest BCUT2D eigenvalue weighted by Crippen LogP contribution is -2.17. The molecule has 3 atom stereocenters. The lowest BCUT2D eigenvalue weighted by Gasteiger charge is -2.05. The number of anilines is 1. The summed E-state index contributed by atoms with van der Waals surface area (Å²) in [6.07, 6.45) is 0.197. The van der Waals surface area contributed by atoms with E-state index < -0.39 is 14.1 Å². The number of nitrogens with two attached hydrogens (primary N) is 1. The van der Waals surface area contributed by atoms with E-state index >= 15 is 0 Å². The van der Waals surface area contributed by atoms with E-state index in [-0.39, 0.29) is 28.8 Å². The summed E-state index contributed by atoms with van der Waals surface area (Å²) in [6.45, 7) is 2.04. The van der Waals surface area contributed by atoms with Gasteiger partial charge in [0, 0.05) is 6.42 Å². The molecule has 0 spiro atoms. The van der Waals surface area contributed by atoms with Crippen molar-refractivity contribution in [3.63, 3.8) is 0 Å². The molecule has 0 aliphatic carbocycles. The van der Waals surface area contributed by atoms with Gasteiger partial charge in [-0.1, -0.05) is 4.57 Å². The number of fused-ring (bicyclic) bond motifs is 1. The molecular weight excluding hydrogens is 297 g/mol. The Kier molecular flexibility index (Phi) is 3.71.